The molecule has 23 heavy (non-hydrogen) atoms. The van der Waals surface area contributed by atoms with E-state index in [1.165, 1.54) is 0 Å². The van der Waals surface area contributed by atoms with Gasteiger partial charge in [-0.3, -0.25) is 0 Å². The van der Waals surface area contributed by atoms with Crippen molar-refractivity contribution in [3.8, 4) is 0 Å². The van der Waals surface area contributed by atoms with E-state index in [0.717, 1.165) is 30.0 Å². The fraction of sp³-hybridized carbons (Fsp3) is 0.611. The molecule has 0 saturated carbocycles. The first-order valence-electron chi connectivity index (χ1n) is 8.18. The molecule has 0 radical (unpaired) electrons. The molecule has 2 aliphatic rings. The highest BCUT2D eigenvalue weighted by molar-refractivity contribution is 6.30. The lowest BCUT2D eigenvalue weighted by Gasteiger charge is -2.36. The van der Waals surface area contributed by atoms with E-state index in [4.69, 9.17) is 21.1 Å². The molecule has 1 aromatic carbocycles. The van der Waals surface area contributed by atoms with Crippen LogP contribution in [0.25, 0.3) is 0 Å². The van der Waals surface area contributed by atoms with E-state index in [1.54, 1.807) is 0 Å². The van der Waals surface area contributed by atoms with Crippen LogP contribution in [0.3, 0.4) is 0 Å². The largest absolute Gasteiger partial charge is 0.444 e. The lowest BCUT2D eigenvalue weighted by molar-refractivity contribution is 0.0105. The molecule has 0 N–H and O–H groups in total. The number of ether oxygens (including phenoxy) is 2. The van der Waals surface area contributed by atoms with Crippen LogP contribution in [0.15, 0.2) is 24.3 Å². The van der Waals surface area contributed by atoms with Crippen molar-refractivity contribution in [2.24, 2.45) is 5.92 Å². The van der Waals surface area contributed by atoms with Crippen molar-refractivity contribution in [3.63, 3.8) is 0 Å². The fourth-order valence-electron chi connectivity index (χ4n) is 3.32. The van der Waals surface area contributed by atoms with Gasteiger partial charge in [0.25, 0.3) is 0 Å². The van der Waals surface area contributed by atoms with E-state index in [2.05, 4.69) is 6.07 Å². The Labute approximate surface area is 142 Å². The van der Waals surface area contributed by atoms with Crippen molar-refractivity contribution in [2.45, 2.75) is 44.8 Å². The number of nitrogens with zero attached hydrogens (tertiary/aromatic N) is 1. The predicted molar refractivity (Wildman–Crippen MR) is 89.6 cm³/mol. The average molecular weight is 338 g/mol. The summed E-state index contributed by atoms with van der Waals surface area (Å²) < 4.78 is 11.4. The first kappa shape index (κ1) is 16.6. The first-order chi connectivity index (χ1) is 10.8. The first-order valence-corrected chi connectivity index (χ1v) is 8.56. The van der Waals surface area contributed by atoms with E-state index in [-0.39, 0.29) is 17.6 Å². The highest BCUT2D eigenvalue weighted by atomic mass is 35.5. The van der Waals surface area contributed by atoms with Crippen LogP contribution < -0.4 is 0 Å². The Morgan fingerprint density at radius 3 is 2.78 bits per heavy atom. The third-order valence-electron chi connectivity index (χ3n) is 4.50. The van der Waals surface area contributed by atoms with Gasteiger partial charge in [-0.1, -0.05) is 23.7 Å². The van der Waals surface area contributed by atoms with E-state index >= 15 is 0 Å². The maximum atomic E-state index is 12.3. The second kappa shape index (κ2) is 5.99. The van der Waals surface area contributed by atoms with Crippen LogP contribution >= 0.6 is 11.6 Å². The van der Waals surface area contributed by atoms with Gasteiger partial charge in [-0.15, -0.1) is 0 Å². The van der Waals surface area contributed by atoms with Gasteiger partial charge in [0.1, 0.15) is 11.2 Å². The number of carbonyl (C=O) groups is 1. The van der Waals surface area contributed by atoms with Crippen molar-refractivity contribution in [1.29, 1.82) is 0 Å². The zero-order valence-corrected chi connectivity index (χ0v) is 14.7. The van der Waals surface area contributed by atoms with Gasteiger partial charge in [-0.05, 0) is 51.3 Å². The minimum Gasteiger partial charge on any atom is -0.444 e. The molecule has 2 aliphatic heterocycles. The summed E-state index contributed by atoms with van der Waals surface area (Å²) in [6, 6.07) is 7.86. The SMILES string of the molecule is CC(C)(C)OC(=O)N1CCCC(C2(c3cccc(Cl)c3)CO2)C1. The lowest BCUT2D eigenvalue weighted by Crippen LogP contribution is -2.46. The summed E-state index contributed by atoms with van der Waals surface area (Å²) in [5, 5.41) is 0.720. The van der Waals surface area contributed by atoms with Crippen LogP contribution in [0.1, 0.15) is 39.2 Å². The predicted octanol–water partition coefficient (Wildman–Crippen LogP) is 4.21. The molecule has 1 amide bonds. The van der Waals surface area contributed by atoms with Crippen molar-refractivity contribution >= 4 is 17.7 Å². The highest BCUT2D eigenvalue weighted by Crippen LogP contribution is 2.49. The standard InChI is InChI=1S/C18H24ClNO3/c1-17(2,3)23-16(21)20-9-5-7-14(11-20)18(12-22-18)13-6-4-8-15(19)10-13/h4,6,8,10,14H,5,7,9,11-12H2,1-3H3. The zero-order valence-electron chi connectivity index (χ0n) is 14.0. The van der Waals surface area contributed by atoms with Crippen molar-refractivity contribution in [2.75, 3.05) is 19.7 Å². The maximum Gasteiger partial charge on any atom is 0.410 e. The van der Waals surface area contributed by atoms with Gasteiger partial charge in [0.15, 0.2) is 0 Å². The zero-order chi connectivity index (χ0) is 16.7. The average Bonchev–Trinajstić information content (AvgIpc) is 3.27. The van der Waals surface area contributed by atoms with Crippen LogP contribution in [0, 0.1) is 5.92 Å². The Hall–Kier alpha value is -1.26. The van der Waals surface area contributed by atoms with E-state index in [1.807, 2.05) is 43.9 Å². The van der Waals surface area contributed by atoms with Crippen molar-refractivity contribution in [3.05, 3.63) is 34.9 Å². The molecule has 2 fully saturated rings. The highest BCUT2D eigenvalue weighted by Gasteiger charge is 2.54. The molecular formula is C18H24ClNO3. The monoisotopic (exact) mass is 337 g/mol. The molecule has 0 aromatic heterocycles. The van der Waals surface area contributed by atoms with Crippen molar-refractivity contribution in [1.82, 2.24) is 4.90 Å². The number of rotatable bonds is 2. The number of amides is 1. The Kier molecular flexibility index (Phi) is 4.32. The second-order valence-corrected chi connectivity index (χ2v) is 7.89. The van der Waals surface area contributed by atoms with E-state index in [9.17, 15) is 4.79 Å². The summed E-state index contributed by atoms with van der Waals surface area (Å²) >= 11 is 6.13. The lowest BCUT2D eigenvalue weighted by atomic mass is 9.81. The summed E-state index contributed by atoms with van der Waals surface area (Å²) in [4.78, 5) is 14.2. The summed E-state index contributed by atoms with van der Waals surface area (Å²) in [6.07, 6.45) is 1.78. The van der Waals surface area contributed by atoms with Gasteiger partial charge in [0, 0.05) is 24.0 Å². The summed E-state index contributed by atoms with van der Waals surface area (Å²) in [5.41, 5.74) is 0.358. The van der Waals surface area contributed by atoms with Gasteiger partial charge in [0.2, 0.25) is 0 Å². The van der Waals surface area contributed by atoms with E-state index in [0.29, 0.717) is 13.2 Å². The number of carbonyl (C=O) groups excluding carboxylic acids is 1. The van der Waals surface area contributed by atoms with Gasteiger partial charge in [-0.25, -0.2) is 4.79 Å². The number of hydrogen-bond acceptors (Lipinski definition) is 3. The molecule has 0 bridgehead atoms. The van der Waals surface area contributed by atoms with Gasteiger partial charge in [0.05, 0.1) is 6.61 Å². The molecule has 2 atom stereocenters. The quantitative estimate of drug-likeness (QED) is 0.759. The Morgan fingerprint density at radius 1 is 1.43 bits per heavy atom. The third-order valence-corrected chi connectivity index (χ3v) is 4.74. The summed E-state index contributed by atoms with van der Waals surface area (Å²) in [6.45, 7) is 7.79. The Balaban J connectivity index is 1.73. The Morgan fingerprint density at radius 2 is 2.17 bits per heavy atom. The maximum absolute atomic E-state index is 12.3. The number of halogens is 1. The number of epoxide rings is 1. The van der Waals surface area contributed by atoms with Gasteiger partial charge >= 0.3 is 6.09 Å². The molecule has 5 heteroatoms. The van der Waals surface area contributed by atoms with Gasteiger partial charge < -0.3 is 14.4 Å². The van der Waals surface area contributed by atoms with E-state index < -0.39 is 5.60 Å². The molecule has 2 heterocycles. The summed E-state index contributed by atoms with van der Waals surface area (Å²) in [5.74, 6) is 0.280. The van der Waals surface area contributed by atoms with Crippen LogP contribution in [0.4, 0.5) is 4.79 Å². The smallest absolute Gasteiger partial charge is 0.410 e. The number of likely N-dealkylation sites (tertiary alicyclic amines) is 1. The molecular weight excluding hydrogens is 314 g/mol. The van der Waals surface area contributed by atoms with Crippen LogP contribution in [0.5, 0.6) is 0 Å². The number of hydrogen-bond donors (Lipinski definition) is 0. The van der Waals surface area contributed by atoms with Gasteiger partial charge in [-0.2, -0.15) is 0 Å². The fourth-order valence-corrected chi connectivity index (χ4v) is 3.51. The second-order valence-electron chi connectivity index (χ2n) is 7.45. The topological polar surface area (TPSA) is 42.1 Å². The normalized spacial score (nSPS) is 27.7. The molecule has 126 valence electrons. The Bertz CT molecular complexity index is 592. The molecule has 3 rings (SSSR count). The van der Waals surface area contributed by atoms with Crippen molar-refractivity contribution < 1.29 is 14.3 Å². The minimum absolute atomic E-state index is 0.232. The van der Waals surface area contributed by atoms with Crippen LogP contribution in [-0.2, 0) is 15.1 Å². The minimum atomic E-state index is -0.468. The molecule has 0 aliphatic carbocycles. The molecule has 4 nitrogen and oxygen atoms in total. The molecule has 2 saturated heterocycles. The summed E-state index contributed by atoms with van der Waals surface area (Å²) in [7, 11) is 0. The third kappa shape index (κ3) is 3.64. The number of piperidine rings is 1. The molecule has 0 spiro atoms. The van der Waals surface area contributed by atoms with Crippen LogP contribution in [0.2, 0.25) is 5.02 Å². The molecule has 1 aromatic rings. The van der Waals surface area contributed by atoms with Crippen LogP contribution in [-0.4, -0.2) is 36.3 Å². The number of benzene rings is 1. The molecule has 2 unspecified atom stereocenters.